The van der Waals surface area contributed by atoms with Gasteiger partial charge in [-0.25, -0.2) is 9.97 Å². The lowest BCUT2D eigenvalue weighted by molar-refractivity contribution is 0.917. The van der Waals surface area contributed by atoms with E-state index in [9.17, 15) is 0 Å². The summed E-state index contributed by atoms with van der Waals surface area (Å²) in [6.07, 6.45) is 5.17. The first-order valence-electron chi connectivity index (χ1n) is 6.59. The first-order valence-corrected chi connectivity index (χ1v) is 7.78. The number of benzene rings is 1. The number of hydrogen-bond donors (Lipinski definition) is 1. The molecule has 3 aromatic rings. The van der Waals surface area contributed by atoms with Crippen LogP contribution in [0.1, 0.15) is 16.9 Å². The van der Waals surface area contributed by atoms with E-state index in [0.29, 0.717) is 0 Å². The molecule has 0 radical (unpaired) electrons. The second-order valence-corrected chi connectivity index (χ2v) is 6.42. The van der Waals surface area contributed by atoms with E-state index in [2.05, 4.69) is 15.3 Å². The van der Waals surface area contributed by atoms with Gasteiger partial charge >= 0.3 is 0 Å². The first-order chi connectivity index (χ1) is 9.81. The minimum atomic E-state index is 0.718. The SMILES string of the molecule is Clc1cccc(Nc2ncnc3sc4c(c23)CCC4)c1. The highest BCUT2D eigenvalue weighted by atomic mass is 35.5. The largest absolute Gasteiger partial charge is 0.340 e. The van der Waals surface area contributed by atoms with Crippen LogP contribution in [0.25, 0.3) is 10.2 Å². The summed E-state index contributed by atoms with van der Waals surface area (Å²) in [6, 6.07) is 7.69. The van der Waals surface area contributed by atoms with Crippen LogP contribution in [-0.4, -0.2) is 9.97 Å². The maximum Gasteiger partial charge on any atom is 0.142 e. The van der Waals surface area contributed by atoms with Crippen molar-refractivity contribution in [1.29, 1.82) is 0 Å². The van der Waals surface area contributed by atoms with E-state index >= 15 is 0 Å². The second kappa shape index (κ2) is 4.72. The number of fused-ring (bicyclic) bond motifs is 3. The van der Waals surface area contributed by atoms with Gasteiger partial charge in [-0.1, -0.05) is 17.7 Å². The van der Waals surface area contributed by atoms with Crippen LogP contribution in [0.5, 0.6) is 0 Å². The Labute approximate surface area is 125 Å². The molecule has 3 nitrogen and oxygen atoms in total. The summed E-state index contributed by atoms with van der Waals surface area (Å²) in [5, 5.41) is 5.28. The molecule has 0 saturated carbocycles. The number of hydrogen-bond acceptors (Lipinski definition) is 4. The van der Waals surface area contributed by atoms with Crippen molar-refractivity contribution < 1.29 is 0 Å². The van der Waals surface area contributed by atoms with E-state index in [4.69, 9.17) is 11.6 Å². The van der Waals surface area contributed by atoms with Crippen LogP contribution in [0.2, 0.25) is 5.02 Å². The van der Waals surface area contributed by atoms with Gasteiger partial charge in [0.2, 0.25) is 0 Å². The summed E-state index contributed by atoms with van der Waals surface area (Å²) < 4.78 is 0. The summed E-state index contributed by atoms with van der Waals surface area (Å²) >= 11 is 7.83. The molecule has 0 amide bonds. The van der Waals surface area contributed by atoms with Gasteiger partial charge in [0.25, 0.3) is 0 Å². The highest BCUT2D eigenvalue weighted by molar-refractivity contribution is 7.19. The number of nitrogens with zero attached hydrogens (tertiary/aromatic N) is 2. The van der Waals surface area contributed by atoms with E-state index in [1.165, 1.54) is 28.7 Å². The van der Waals surface area contributed by atoms with Crippen molar-refractivity contribution in [3.8, 4) is 0 Å². The first kappa shape index (κ1) is 12.1. The Morgan fingerprint density at radius 2 is 2.15 bits per heavy atom. The molecule has 20 heavy (non-hydrogen) atoms. The molecular weight excluding hydrogens is 290 g/mol. The lowest BCUT2D eigenvalue weighted by Gasteiger charge is -2.07. The summed E-state index contributed by atoms with van der Waals surface area (Å²) in [5.74, 6) is 0.886. The topological polar surface area (TPSA) is 37.8 Å². The van der Waals surface area contributed by atoms with E-state index in [1.54, 1.807) is 17.7 Å². The van der Waals surface area contributed by atoms with Crippen LogP contribution in [0.3, 0.4) is 0 Å². The fourth-order valence-electron chi connectivity index (χ4n) is 2.73. The van der Waals surface area contributed by atoms with E-state index in [1.807, 2.05) is 24.3 Å². The second-order valence-electron chi connectivity index (χ2n) is 4.90. The van der Waals surface area contributed by atoms with Crippen LogP contribution in [0, 0.1) is 0 Å². The number of nitrogens with one attached hydrogen (secondary N) is 1. The number of halogens is 1. The minimum Gasteiger partial charge on any atom is -0.340 e. The normalized spacial score (nSPS) is 13.7. The van der Waals surface area contributed by atoms with E-state index < -0.39 is 0 Å². The third kappa shape index (κ3) is 1.96. The van der Waals surface area contributed by atoms with Gasteiger partial charge in [0.1, 0.15) is 17.0 Å². The standard InChI is InChI=1S/C15H12ClN3S/c16-9-3-1-4-10(7-9)19-14-13-11-5-2-6-12(11)20-15(13)18-8-17-14/h1,3-4,7-8H,2,5-6H2,(H,17,18,19). The Morgan fingerprint density at radius 3 is 3.05 bits per heavy atom. The van der Waals surface area contributed by atoms with Crippen LogP contribution in [0.15, 0.2) is 30.6 Å². The predicted molar refractivity (Wildman–Crippen MR) is 84.2 cm³/mol. The Balaban J connectivity index is 1.83. The minimum absolute atomic E-state index is 0.718. The zero-order chi connectivity index (χ0) is 13.5. The van der Waals surface area contributed by atoms with Crippen molar-refractivity contribution in [2.45, 2.75) is 19.3 Å². The fourth-order valence-corrected chi connectivity index (χ4v) is 4.15. The maximum absolute atomic E-state index is 6.03. The van der Waals surface area contributed by atoms with Crippen molar-refractivity contribution in [3.05, 3.63) is 46.1 Å². The van der Waals surface area contributed by atoms with Crippen LogP contribution >= 0.6 is 22.9 Å². The molecule has 2 aromatic heterocycles. The quantitative estimate of drug-likeness (QED) is 0.753. The molecular formula is C15H12ClN3S. The molecule has 1 aliphatic rings. The predicted octanol–water partition coefficient (Wildman–Crippen LogP) is 4.58. The zero-order valence-electron chi connectivity index (χ0n) is 10.7. The third-order valence-corrected chi connectivity index (χ3v) is 5.02. The average Bonchev–Trinajstić information content (AvgIpc) is 2.99. The zero-order valence-corrected chi connectivity index (χ0v) is 12.3. The van der Waals surface area contributed by atoms with Crippen LogP contribution in [0.4, 0.5) is 11.5 Å². The van der Waals surface area contributed by atoms with Gasteiger partial charge in [0.05, 0.1) is 5.39 Å². The number of aryl methyl sites for hydroxylation is 2. The average molecular weight is 302 g/mol. The number of anilines is 2. The van der Waals surface area contributed by atoms with Crippen molar-refractivity contribution in [2.75, 3.05) is 5.32 Å². The smallest absolute Gasteiger partial charge is 0.142 e. The fraction of sp³-hybridized carbons (Fsp3) is 0.200. The highest BCUT2D eigenvalue weighted by Crippen LogP contribution is 2.39. The molecule has 5 heteroatoms. The third-order valence-electron chi connectivity index (χ3n) is 3.59. The van der Waals surface area contributed by atoms with Gasteiger partial charge < -0.3 is 5.32 Å². The molecule has 1 aliphatic carbocycles. The summed E-state index contributed by atoms with van der Waals surface area (Å²) in [7, 11) is 0. The summed E-state index contributed by atoms with van der Waals surface area (Å²) in [5.41, 5.74) is 2.38. The summed E-state index contributed by atoms with van der Waals surface area (Å²) in [4.78, 5) is 11.4. The molecule has 0 fully saturated rings. The number of rotatable bonds is 2. The van der Waals surface area contributed by atoms with Crippen LogP contribution < -0.4 is 5.32 Å². The highest BCUT2D eigenvalue weighted by Gasteiger charge is 2.21. The molecule has 0 bridgehead atoms. The molecule has 0 spiro atoms. The van der Waals surface area contributed by atoms with Gasteiger partial charge in [-0.2, -0.15) is 0 Å². The van der Waals surface area contributed by atoms with E-state index in [0.717, 1.165) is 27.8 Å². The maximum atomic E-state index is 6.03. The molecule has 0 aliphatic heterocycles. The molecule has 4 rings (SSSR count). The Hall–Kier alpha value is -1.65. The van der Waals surface area contributed by atoms with Gasteiger partial charge in [-0.3, -0.25) is 0 Å². The van der Waals surface area contributed by atoms with Crippen LogP contribution in [-0.2, 0) is 12.8 Å². The lowest BCUT2D eigenvalue weighted by Crippen LogP contribution is -1.95. The van der Waals surface area contributed by atoms with Gasteiger partial charge in [-0.05, 0) is 43.0 Å². The van der Waals surface area contributed by atoms with Crippen molar-refractivity contribution >= 4 is 44.7 Å². The van der Waals surface area contributed by atoms with Gasteiger partial charge in [0, 0.05) is 15.6 Å². The molecule has 1 aromatic carbocycles. The Bertz CT molecular complexity index is 797. The molecule has 2 heterocycles. The van der Waals surface area contributed by atoms with Gasteiger partial charge in [-0.15, -0.1) is 11.3 Å². The number of thiophene rings is 1. The molecule has 0 atom stereocenters. The molecule has 0 unspecified atom stereocenters. The molecule has 1 N–H and O–H groups in total. The molecule has 100 valence electrons. The van der Waals surface area contributed by atoms with Gasteiger partial charge in [0.15, 0.2) is 0 Å². The summed E-state index contributed by atoms with van der Waals surface area (Å²) in [6.45, 7) is 0. The number of aromatic nitrogens is 2. The molecule has 0 saturated heterocycles. The van der Waals surface area contributed by atoms with E-state index in [-0.39, 0.29) is 0 Å². The monoisotopic (exact) mass is 301 g/mol. The van der Waals surface area contributed by atoms with Crippen molar-refractivity contribution in [2.24, 2.45) is 0 Å². The Morgan fingerprint density at radius 1 is 1.20 bits per heavy atom. The van der Waals surface area contributed by atoms with Crippen molar-refractivity contribution in [1.82, 2.24) is 9.97 Å². The Kier molecular flexibility index (Phi) is 2.86. The van der Waals surface area contributed by atoms with Crippen molar-refractivity contribution in [3.63, 3.8) is 0 Å². The lowest BCUT2D eigenvalue weighted by atomic mass is 10.2.